The molecule has 0 radical (unpaired) electrons. The number of nitrogens with zero attached hydrogens (tertiary/aromatic N) is 2. The minimum absolute atomic E-state index is 0.0488. The number of rotatable bonds is 5. The average Bonchev–Trinajstić information content (AvgIpc) is 3.39. The predicted molar refractivity (Wildman–Crippen MR) is 120 cm³/mol. The van der Waals surface area contributed by atoms with E-state index in [0.717, 1.165) is 48.3 Å². The van der Waals surface area contributed by atoms with Gasteiger partial charge in [0.2, 0.25) is 11.8 Å². The van der Waals surface area contributed by atoms with E-state index in [1.54, 1.807) is 11.8 Å². The van der Waals surface area contributed by atoms with E-state index in [-0.39, 0.29) is 23.1 Å². The second-order valence-corrected chi connectivity index (χ2v) is 9.00. The van der Waals surface area contributed by atoms with Crippen molar-refractivity contribution in [3.8, 4) is 0 Å². The Kier molecular flexibility index (Phi) is 5.81. The van der Waals surface area contributed by atoms with Crippen molar-refractivity contribution in [1.82, 2.24) is 0 Å². The van der Waals surface area contributed by atoms with Gasteiger partial charge in [0.25, 0.3) is 0 Å². The van der Waals surface area contributed by atoms with E-state index in [0.29, 0.717) is 5.75 Å². The lowest BCUT2D eigenvalue weighted by atomic mass is 10.1. The molecule has 0 bridgehead atoms. The number of hydrogen-bond acceptors (Lipinski definition) is 4. The number of anilines is 3. The van der Waals surface area contributed by atoms with E-state index in [1.807, 2.05) is 72.4 Å². The van der Waals surface area contributed by atoms with Crippen molar-refractivity contribution in [3.05, 3.63) is 54.1 Å². The maximum atomic E-state index is 12.6. The smallest absolute Gasteiger partial charge is 0.238 e. The van der Waals surface area contributed by atoms with Gasteiger partial charge in [0.05, 0.1) is 5.75 Å². The van der Waals surface area contributed by atoms with Crippen molar-refractivity contribution in [1.29, 1.82) is 0 Å². The Labute approximate surface area is 176 Å². The Bertz CT molecular complexity index is 874. The third-order valence-electron chi connectivity index (χ3n) is 5.70. The molecule has 1 aliphatic heterocycles. The minimum atomic E-state index is -0.0488. The second kappa shape index (κ2) is 8.49. The lowest BCUT2D eigenvalue weighted by molar-refractivity contribution is -0.119. The molecular weight excluding hydrogens is 382 g/mol. The van der Waals surface area contributed by atoms with E-state index >= 15 is 0 Å². The molecule has 2 aromatic carbocycles. The summed E-state index contributed by atoms with van der Waals surface area (Å²) in [5.74, 6) is 0.873. The number of benzene rings is 2. The molecule has 1 heterocycles. The molecule has 6 heteroatoms. The molecular formula is C23H27N3O2S. The molecule has 1 atom stereocenters. The second-order valence-electron chi connectivity index (χ2n) is 7.93. The molecule has 4 rings (SSSR count). The number of amides is 2. The molecule has 2 fully saturated rings. The zero-order valence-electron chi connectivity index (χ0n) is 16.9. The van der Waals surface area contributed by atoms with Crippen LogP contribution in [0.3, 0.4) is 0 Å². The van der Waals surface area contributed by atoms with Crippen LogP contribution in [0.1, 0.15) is 36.6 Å². The first-order valence-electron chi connectivity index (χ1n) is 10.1. The molecule has 1 N–H and O–H groups in total. The third kappa shape index (κ3) is 4.27. The van der Waals surface area contributed by atoms with Gasteiger partial charge in [-0.3, -0.25) is 14.5 Å². The number of nitrogens with one attached hydrogen (secondary N) is 1. The Morgan fingerprint density at radius 1 is 1.03 bits per heavy atom. The molecule has 29 heavy (non-hydrogen) atoms. The zero-order chi connectivity index (χ0) is 20.4. The fourth-order valence-electron chi connectivity index (χ4n) is 4.02. The third-order valence-corrected chi connectivity index (χ3v) is 6.91. The molecule has 5 nitrogen and oxygen atoms in total. The molecule has 1 aliphatic carbocycles. The lowest BCUT2D eigenvalue weighted by Crippen LogP contribution is -2.27. The van der Waals surface area contributed by atoms with Crippen molar-refractivity contribution in [2.45, 2.75) is 31.1 Å². The fraction of sp³-hybridized carbons (Fsp3) is 0.391. The maximum Gasteiger partial charge on any atom is 0.238 e. The number of thioether (sulfide) groups is 1. The first-order valence-corrected chi connectivity index (χ1v) is 11.2. The summed E-state index contributed by atoms with van der Waals surface area (Å²) in [5, 5.41) is 2.99. The van der Waals surface area contributed by atoms with Crippen LogP contribution in [0.15, 0.2) is 48.5 Å². The average molecular weight is 410 g/mol. The standard InChI is InChI=1S/C23H27N3O2S/c1-25(2)19-11-13-20(14-12-19)26-21(27)15-29-23(26)17-7-9-18(10-8-17)24-22(28)16-5-3-4-6-16/h7-14,16,23H,3-6,15H2,1-2H3,(H,24,28)/t23-/m0/s1. The number of carbonyl (C=O) groups is 2. The largest absolute Gasteiger partial charge is 0.378 e. The molecule has 1 saturated heterocycles. The number of hydrogen-bond donors (Lipinski definition) is 1. The first kappa shape index (κ1) is 19.8. The van der Waals surface area contributed by atoms with Gasteiger partial charge in [0.1, 0.15) is 5.37 Å². The monoisotopic (exact) mass is 409 g/mol. The molecule has 0 aromatic heterocycles. The van der Waals surface area contributed by atoms with Crippen LogP contribution in [0.5, 0.6) is 0 Å². The molecule has 2 aromatic rings. The molecule has 2 amide bonds. The van der Waals surface area contributed by atoms with Gasteiger partial charge in [-0.15, -0.1) is 11.8 Å². The SMILES string of the molecule is CN(C)c1ccc(N2C(=O)CS[C@H]2c2ccc(NC(=O)C3CCCC3)cc2)cc1. The first-order chi connectivity index (χ1) is 14.0. The van der Waals surface area contributed by atoms with E-state index in [9.17, 15) is 9.59 Å². The van der Waals surface area contributed by atoms with Crippen LogP contribution in [0, 0.1) is 5.92 Å². The lowest BCUT2D eigenvalue weighted by Gasteiger charge is -2.25. The van der Waals surface area contributed by atoms with E-state index in [4.69, 9.17) is 0 Å². The predicted octanol–water partition coefficient (Wildman–Crippen LogP) is 4.66. The van der Waals surface area contributed by atoms with E-state index < -0.39 is 0 Å². The van der Waals surface area contributed by atoms with Crippen LogP contribution in [-0.2, 0) is 9.59 Å². The fourth-order valence-corrected chi connectivity index (χ4v) is 5.20. The van der Waals surface area contributed by atoms with Crippen LogP contribution < -0.4 is 15.1 Å². The summed E-state index contributed by atoms with van der Waals surface area (Å²) in [5.41, 5.74) is 3.90. The highest BCUT2D eigenvalue weighted by atomic mass is 32.2. The summed E-state index contributed by atoms with van der Waals surface area (Å²) >= 11 is 1.64. The molecule has 0 unspecified atom stereocenters. The van der Waals surface area contributed by atoms with Crippen LogP contribution in [0.4, 0.5) is 17.1 Å². The van der Waals surface area contributed by atoms with Gasteiger partial charge in [-0.25, -0.2) is 0 Å². The van der Waals surface area contributed by atoms with Crippen molar-refractivity contribution in [2.24, 2.45) is 5.92 Å². The van der Waals surface area contributed by atoms with Gasteiger partial charge in [0, 0.05) is 37.1 Å². The molecule has 0 spiro atoms. The number of carbonyl (C=O) groups excluding carboxylic acids is 2. The van der Waals surface area contributed by atoms with Gasteiger partial charge in [0.15, 0.2) is 0 Å². The quantitative estimate of drug-likeness (QED) is 0.780. The molecule has 152 valence electrons. The Hall–Kier alpha value is -2.47. The Morgan fingerprint density at radius 2 is 1.69 bits per heavy atom. The van der Waals surface area contributed by atoms with Crippen LogP contribution >= 0.6 is 11.8 Å². The van der Waals surface area contributed by atoms with Crippen molar-refractivity contribution >= 4 is 40.6 Å². The van der Waals surface area contributed by atoms with E-state index in [1.165, 1.54) is 0 Å². The topological polar surface area (TPSA) is 52.6 Å². The highest BCUT2D eigenvalue weighted by molar-refractivity contribution is 8.00. The van der Waals surface area contributed by atoms with Gasteiger partial charge in [-0.1, -0.05) is 25.0 Å². The van der Waals surface area contributed by atoms with Gasteiger partial charge in [-0.2, -0.15) is 0 Å². The highest BCUT2D eigenvalue weighted by Gasteiger charge is 2.34. The normalized spacial score (nSPS) is 19.6. The highest BCUT2D eigenvalue weighted by Crippen LogP contribution is 2.42. The zero-order valence-corrected chi connectivity index (χ0v) is 17.7. The van der Waals surface area contributed by atoms with Crippen LogP contribution in [0.25, 0.3) is 0 Å². The summed E-state index contributed by atoms with van der Waals surface area (Å²) in [6.07, 6.45) is 4.28. The van der Waals surface area contributed by atoms with Crippen LogP contribution in [-0.4, -0.2) is 31.7 Å². The van der Waals surface area contributed by atoms with Gasteiger partial charge >= 0.3 is 0 Å². The molecule has 1 saturated carbocycles. The van der Waals surface area contributed by atoms with E-state index in [2.05, 4.69) is 5.32 Å². The Balaban J connectivity index is 1.49. The Morgan fingerprint density at radius 3 is 2.31 bits per heavy atom. The summed E-state index contributed by atoms with van der Waals surface area (Å²) in [7, 11) is 4.00. The molecule has 2 aliphatic rings. The van der Waals surface area contributed by atoms with Gasteiger partial charge < -0.3 is 10.2 Å². The van der Waals surface area contributed by atoms with Crippen molar-refractivity contribution in [2.75, 3.05) is 35.0 Å². The van der Waals surface area contributed by atoms with Crippen molar-refractivity contribution in [3.63, 3.8) is 0 Å². The van der Waals surface area contributed by atoms with Crippen LogP contribution in [0.2, 0.25) is 0 Å². The summed E-state index contributed by atoms with van der Waals surface area (Å²) in [6.45, 7) is 0. The van der Waals surface area contributed by atoms with Crippen molar-refractivity contribution < 1.29 is 9.59 Å². The minimum Gasteiger partial charge on any atom is -0.378 e. The summed E-state index contributed by atoms with van der Waals surface area (Å²) in [4.78, 5) is 28.8. The maximum absolute atomic E-state index is 12.6. The summed E-state index contributed by atoms with van der Waals surface area (Å²) < 4.78 is 0. The summed E-state index contributed by atoms with van der Waals surface area (Å²) in [6, 6.07) is 16.0. The van der Waals surface area contributed by atoms with Gasteiger partial charge in [-0.05, 0) is 54.8 Å².